The number of rotatable bonds is 5. The van der Waals surface area contributed by atoms with Crippen LogP contribution in [-0.4, -0.2) is 27.7 Å². The number of pyridine rings is 1. The van der Waals surface area contributed by atoms with Crippen LogP contribution in [0.3, 0.4) is 0 Å². The maximum absolute atomic E-state index is 12.5. The Morgan fingerprint density at radius 2 is 2.04 bits per heavy atom. The summed E-state index contributed by atoms with van der Waals surface area (Å²) in [6.07, 6.45) is 2.57. The number of aromatic nitrogens is 1. The summed E-state index contributed by atoms with van der Waals surface area (Å²) in [5.41, 5.74) is 3.84. The maximum atomic E-state index is 12.5. The van der Waals surface area contributed by atoms with Crippen LogP contribution in [0.4, 0.5) is 17.2 Å². The molecular weight excluding hydrogens is 324 g/mol. The Morgan fingerprint density at radius 1 is 1.28 bits per heavy atom. The molecule has 1 aromatic carbocycles. The van der Waals surface area contributed by atoms with E-state index in [0.29, 0.717) is 17.2 Å². The number of para-hydroxylation sites is 1. The van der Waals surface area contributed by atoms with Crippen LogP contribution in [0.2, 0.25) is 0 Å². The number of hydrogen-bond acceptors (Lipinski definition) is 7. The topological polar surface area (TPSA) is 113 Å². The molecular formula is C16H14N6O3. The molecule has 1 N–H and O–H groups in total. The number of anilines is 2. The molecule has 0 saturated carbocycles. The van der Waals surface area contributed by atoms with Gasteiger partial charge < -0.3 is 0 Å². The van der Waals surface area contributed by atoms with Crippen LogP contribution in [-0.2, 0) is 4.79 Å². The van der Waals surface area contributed by atoms with E-state index >= 15 is 0 Å². The molecule has 0 spiro atoms. The highest BCUT2D eigenvalue weighted by molar-refractivity contribution is 6.23. The molecule has 0 bridgehead atoms. The second-order valence-electron chi connectivity index (χ2n) is 5.25. The molecule has 9 heteroatoms. The molecule has 1 aromatic heterocycles. The van der Waals surface area contributed by atoms with E-state index in [0.717, 1.165) is 6.20 Å². The molecule has 1 aliphatic heterocycles. The number of nitrogens with one attached hydrogen (secondary N) is 1. The van der Waals surface area contributed by atoms with Crippen molar-refractivity contribution in [1.29, 1.82) is 0 Å². The second-order valence-corrected chi connectivity index (χ2v) is 5.25. The van der Waals surface area contributed by atoms with E-state index in [1.807, 2.05) is 18.2 Å². The van der Waals surface area contributed by atoms with Gasteiger partial charge in [0, 0.05) is 12.3 Å². The van der Waals surface area contributed by atoms with Crippen LogP contribution in [0.5, 0.6) is 0 Å². The predicted molar refractivity (Wildman–Crippen MR) is 93.5 cm³/mol. The van der Waals surface area contributed by atoms with Crippen molar-refractivity contribution in [2.45, 2.75) is 6.92 Å². The zero-order valence-electron chi connectivity index (χ0n) is 13.2. The molecule has 0 aliphatic carbocycles. The summed E-state index contributed by atoms with van der Waals surface area (Å²) in [5, 5.41) is 20.2. The summed E-state index contributed by atoms with van der Waals surface area (Å²) in [6, 6.07) is 11.9. The molecule has 2 aromatic rings. The first kappa shape index (κ1) is 16.2. The third kappa shape index (κ3) is 3.50. The summed E-state index contributed by atoms with van der Waals surface area (Å²) < 4.78 is 0. The van der Waals surface area contributed by atoms with Crippen molar-refractivity contribution in [3.05, 3.63) is 58.8 Å². The van der Waals surface area contributed by atoms with Crippen LogP contribution in [0.1, 0.15) is 6.92 Å². The highest BCUT2D eigenvalue weighted by Gasteiger charge is 2.33. The molecule has 0 radical (unpaired) electrons. The van der Waals surface area contributed by atoms with E-state index in [1.54, 1.807) is 19.1 Å². The number of hydrogen-bond donors (Lipinski definition) is 1. The first-order chi connectivity index (χ1) is 12.1. The fraction of sp³-hybridized carbons (Fsp3) is 0.125. The van der Waals surface area contributed by atoms with Gasteiger partial charge >= 0.3 is 0 Å². The van der Waals surface area contributed by atoms with E-state index in [-0.39, 0.29) is 11.6 Å². The van der Waals surface area contributed by atoms with Gasteiger partial charge in [-0.1, -0.05) is 18.2 Å². The van der Waals surface area contributed by atoms with Crippen molar-refractivity contribution >= 4 is 35.0 Å². The average Bonchev–Trinajstić information content (AvgIpc) is 2.91. The molecule has 0 saturated heterocycles. The molecule has 25 heavy (non-hydrogen) atoms. The van der Waals surface area contributed by atoms with Crippen LogP contribution in [0.15, 0.2) is 58.9 Å². The van der Waals surface area contributed by atoms with E-state index in [2.05, 4.69) is 20.6 Å². The summed E-state index contributed by atoms with van der Waals surface area (Å²) in [7, 11) is 0. The lowest BCUT2D eigenvalue weighted by molar-refractivity contribution is -0.385. The third-order valence-electron chi connectivity index (χ3n) is 3.54. The highest BCUT2D eigenvalue weighted by Crippen LogP contribution is 2.22. The molecule has 126 valence electrons. The molecule has 0 fully saturated rings. The van der Waals surface area contributed by atoms with Crippen molar-refractivity contribution in [3.8, 4) is 0 Å². The molecule has 9 nitrogen and oxygen atoms in total. The summed E-state index contributed by atoms with van der Waals surface area (Å²) in [5.74, 6) is -0.446. The van der Waals surface area contributed by atoms with Crippen molar-refractivity contribution in [2.75, 3.05) is 10.4 Å². The van der Waals surface area contributed by atoms with Gasteiger partial charge in [-0.15, -0.1) is 0 Å². The molecule has 0 unspecified atom stereocenters. The van der Waals surface area contributed by atoms with E-state index in [4.69, 9.17) is 0 Å². The Bertz CT molecular complexity index is 848. The van der Waals surface area contributed by atoms with E-state index in [1.165, 1.54) is 23.4 Å². The third-order valence-corrected chi connectivity index (χ3v) is 3.54. The van der Waals surface area contributed by atoms with E-state index in [9.17, 15) is 14.9 Å². The molecule has 2 heterocycles. The van der Waals surface area contributed by atoms with Gasteiger partial charge in [-0.25, -0.2) is 4.98 Å². The lowest BCUT2D eigenvalue weighted by Crippen LogP contribution is -2.28. The van der Waals surface area contributed by atoms with Crippen LogP contribution < -0.4 is 10.4 Å². The zero-order valence-corrected chi connectivity index (χ0v) is 13.2. The zero-order chi connectivity index (χ0) is 17.8. The predicted octanol–water partition coefficient (Wildman–Crippen LogP) is 2.43. The summed E-state index contributed by atoms with van der Waals surface area (Å²) in [4.78, 5) is 26.4. The Morgan fingerprint density at radius 3 is 2.68 bits per heavy atom. The smallest absolute Gasteiger partial charge is 0.271 e. The maximum Gasteiger partial charge on any atom is 0.287 e. The quantitative estimate of drug-likeness (QED) is 0.511. The summed E-state index contributed by atoms with van der Waals surface area (Å²) >= 11 is 0. The lowest BCUT2D eigenvalue weighted by atomic mass is 10.1. The van der Waals surface area contributed by atoms with Crippen LogP contribution in [0, 0.1) is 16.0 Å². The lowest BCUT2D eigenvalue weighted by Gasteiger charge is -2.12. The molecule has 3 rings (SSSR count). The van der Waals surface area contributed by atoms with Gasteiger partial charge in [0.25, 0.3) is 11.6 Å². The fourth-order valence-electron chi connectivity index (χ4n) is 2.24. The van der Waals surface area contributed by atoms with Crippen LogP contribution >= 0.6 is 0 Å². The second kappa shape index (κ2) is 6.87. The number of nitrogens with zero attached hydrogens (tertiary/aromatic N) is 5. The number of hydrazone groups is 2. The normalized spacial score (nSPS) is 17.0. The standard InChI is InChI=1S/C16H14N6O3/c1-11-14(16(23)21(20-11)12-5-3-2-4-6-12)10-18-19-15-8-7-13(9-17-15)22(24)25/h2-10,14H,1H3,(H,17,19)/b18-10-/t14-/m0/s1. The largest absolute Gasteiger partial charge is 0.287 e. The number of amides is 1. The van der Waals surface area contributed by atoms with Gasteiger partial charge in [0.2, 0.25) is 0 Å². The van der Waals surface area contributed by atoms with Crippen LogP contribution in [0.25, 0.3) is 0 Å². The Labute approximate surface area is 142 Å². The number of carbonyl (C=O) groups is 1. The van der Waals surface area contributed by atoms with Gasteiger partial charge in [0.1, 0.15) is 17.9 Å². The molecule has 1 amide bonds. The SMILES string of the molecule is CC1=NN(c2ccccc2)C(=O)[C@H]1/C=N\Nc1ccc([N+](=O)[O-])cn1. The van der Waals surface area contributed by atoms with Crippen molar-refractivity contribution < 1.29 is 9.72 Å². The monoisotopic (exact) mass is 338 g/mol. The van der Waals surface area contributed by atoms with Gasteiger partial charge in [0.05, 0.1) is 16.3 Å². The fourth-order valence-corrected chi connectivity index (χ4v) is 2.24. The number of carbonyl (C=O) groups excluding carboxylic acids is 1. The Balaban J connectivity index is 1.66. The molecule has 1 aliphatic rings. The van der Waals surface area contributed by atoms with Gasteiger partial charge in [-0.2, -0.15) is 15.2 Å². The van der Waals surface area contributed by atoms with Crippen molar-refractivity contribution in [1.82, 2.24) is 4.98 Å². The minimum Gasteiger partial charge on any atom is -0.271 e. The van der Waals surface area contributed by atoms with Gasteiger partial charge in [0.15, 0.2) is 0 Å². The number of nitro groups is 1. The Kier molecular flexibility index (Phi) is 4.46. The van der Waals surface area contributed by atoms with Crippen molar-refractivity contribution in [3.63, 3.8) is 0 Å². The molecule has 1 atom stereocenters. The minimum atomic E-state index is -0.578. The summed E-state index contributed by atoms with van der Waals surface area (Å²) in [6.45, 7) is 1.75. The first-order valence-electron chi connectivity index (χ1n) is 7.40. The van der Waals surface area contributed by atoms with Gasteiger partial charge in [-0.05, 0) is 25.1 Å². The highest BCUT2D eigenvalue weighted by atomic mass is 16.6. The average molecular weight is 338 g/mol. The van der Waals surface area contributed by atoms with E-state index < -0.39 is 10.8 Å². The minimum absolute atomic E-state index is 0.109. The number of benzene rings is 1. The first-order valence-corrected chi connectivity index (χ1v) is 7.40. The van der Waals surface area contributed by atoms with Gasteiger partial charge in [-0.3, -0.25) is 20.3 Å². The van der Waals surface area contributed by atoms with Crippen molar-refractivity contribution in [2.24, 2.45) is 16.1 Å². The Hall–Kier alpha value is -3.62.